The molecule has 41 heavy (non-hydrogen) atoms. The van der Waals surface area contributed by atoms with Crippen LogP contribution in [0, 0.1) is 11.8 Å². The minimum atomic E-state index is -4.72. The molecule has 2 fully saturated rings. The molecule has 2 atom stereocenters. The van der Waals surface area contributed by atoms with Gasteiger partial charge in [0.1, 0.15) is 0 Å². The standard InChI is InChI=1S/C31H36F6N2O2/c1-19(29(40)41-2)28(21-4-5-21)22-6-3-20-9-14-39(18-23(20)15-22)26-10-12-38(13-11-26)17-24-16-25(30(32,33)34)7-8-27(24)31(35,36)37/h3,6-8,15-16,19,21,26,28H,4-5,9-14,17-18H2,1-2H3/t19-,28-/m0/s1. The third kappa shape index (κ3) is 6.74. The van der Waals surface area contributed by atoms with Crippen molar-refractivity contribution >= 4 is 5.97 Å². The van der Waals surface area contributed by atoms with Crippen LogP contribution in [0.25, 0.3) is 0 Å². The fourth-order valence-electron chi connectivity index (χ4n) is 6.74. The average Bonchev–Trinajstić information content (AvgIpc) is 3.77. The number of hydrogen-bond acceptors (Lipinski definition) is 4. The van der Waals surface area contributed by atoms with E-state index in [-0.39, 0.29) is 36.0 Å². The predicted molar refractivity (Wildman–Crippen MR) is 142 cm³/mol. The zero-order valence-corrected chi connectivity index (χ0v) is 23.3. The fourth-order valence-corrected chi connectivity index (χ4v) is 6.74. The summed E-state index contributed by atoms with van der Waals surface area (Å²) in [5.41, 5.74) is 1.30. The fraction of sp³-hybridized carbons (Fsp3) is 0.581. The van der Waals surface area contributed by atoms with Gasteiger partial charge in [0, 0.05) is 25.7 Å². The highest BCUT2D eigenvalue weighted by molar-refractivity contribution is 5.73. The van der Waals surface area contributed by atoms with Crippen LogP contribution in [0.4, 0.5) is 26.3 Å². The molecule has 2 aliphatic heterocycles. The summed E-state index contributed by atoms with van der Waals surface area (Å²) in [6.07, 6.45) is -4.83. The summed E-state index contributed by atoms with van der Waals surface area (Å²) >= 11 is 0. The van der Waals surface area contributed by atoms with Gasteiger partial charge >= 0.3 is 18.3 Å². The molecule has 0 spiro atoms. The number of esters is 1. The maximum atomic E-state index is 13.6. The van der Waals surface area contributed by atoms with E-state index in [9.17, 15) is 31.1 Å². The normalized spacial score (nSPS) is 20.9. The lowest BCUT2D eigenvalue weighted by Gasteiger charge is -2.41. The number of hydrogen-bond donors (Lipinski definition) is 0. The lowest BCUT2D eigenvalue weighted by atomic mass is 9.81. The van der Waals surface area contributed by atoms with E-state index < -0.39 is 23.5 Å². The summed E-state index contributed by atoms with van der Waals surface area (Å²) in [4.78, 5) is 16.6. The summed E-state index contributed by atoms with van der Waals surface area (Å²) < 4.78 is 85.4. The van der Waals surface area contributed by atoms with Gasteiger partial charge in [-0.05, 0) is 97.5 Å². The molecule has 0 N–H and O–H groups in total. The van der Waals surface area contributed by atoms with Gasteiger partial charge in [-0.3, -0.25) is 14.6 Å². The van der Waals surface area contributed by atoms with Crippen LogP contribution in [0.5, 0.6) is 0 Å². The first kappa shape index (κ1) is 29.9. The van der Waals surface area contributed by atoms with E-state index in [1.165, 1.54) is 23.8 Å². The van der Waals surface area contributed by atoms with Crippen molar-refractivity contribution in [2.75, 3.05) is 26.7 Å². The van der Waals surface area contributed by atoms with Crippen molar-refractivity contribution < 1.29 is 35.9 Å². The molecule has 2 heterocycles. The van der Waals surface area contributed by atoms with Crippen LogP contribution in [0.15, 0.2) is 36.4 Å². The van der Waals surface area contributed by atoms with E-state index in [0.29, 0.717) is 37.2 Å². The summed E-state index contributed by atoms with van der Waals surface area (Å²) in [6, 6.07) is 8.51. The van der Waals surface area contributed by atoms with Crippen molar-refractivity contribution in [1.82, 2.24) is 9.80 Å². The van der Waals surface area contributed by atoms with E-state index in [4.69, 9.17) is 4.74 Å². The summed E-state index contributed by atoms with van der Waals surface area (Å²) in [7, 11) is 1.42. The van der Waals surface area contributed by atoms with Crippen LogP contribution in [0.2, 0.25) is 0 Å². The summed E-state index contributed by atoms with van der Waals surface area (Å²) in [6.45, 7) is 4.45. The van der Waals surface area contributed by atoms with Crippen molar-refractivity contribution in [2.24, 2.45) is 11.8 Å². The van der Waals surface area contributed by atoms with Gasteiger partial charge in [-0.25, -0.2) is 0 Å². The molecular weight excluding hydrogens is 546 g/mol. The molecule has 0 aromatic heterocycles. The second-order valence-electron chi connectivity index (χ2n) is 11.8. The van der Waals surface area contributed by atoms with Crippen LogP contribution in [-0.2, 0) is 41.4 Å². The highest BCUT2D eigenvalue weighted by Crippen LogP contribution is 2.47. The minimum absolute atomic E-state index is 0.129. The van der Waals surface area contributed by atoms with Gasteiger partial charge in [-0.1, -0.05) is 25.1 Å². The summed E-state index contributed by atoms with van der Waals surface area (Å²) in [5.74, 6) is 0.203. The largest absolute Gasteiger partial charge is 0.469 e. The number of fused-ring (bicyclic) bond motifs is 1. The topological polar surface area (TPSA) is 32.8 Å². The Balaban J connectivity index is 1.24. The third-order valence-corrected chi connectivity index (χ3v) is 9.10. The molecular formula is C31H36F6N2O2. The summed E-state index contributed by atoms with van der Waals surface area (Å²) in [5, 5.41) is 0. The second kappa shape index (κ2) is 11.6. The molecule has 1 saturated carbocycles. The first-order valence-corrected chi connectivity index (χ1v) is 14.3. The van der Waals surface area contributed by atoms with Crippen molar-refractivity contribution in [2.45, 2.75) is 76.4 Å². The van der Waals surface area contributed by atoms with Crippen molar-refractivity contribution in [3.8, 4) is 0 Å². The van der Waals surface area contributed by atoms with Crippen molar-refractivity contribution in [1.29, 1.82) is 0 Å². The third-order valence-electron chi connectivity index (χ3n) is 9.10. The van der Waals surface area contributed by atoms with E-state index in [1.54, 1.807) is 0 Å². The lowest BCUT2D eigenvalue weighted by Crippen LogP contribution is -2.46. The Kier molecular flexibility index (Phi) is 8.45. The molecule has 2 aromatic carbocycles. The Morgan fingerprint density at radius 2 is 1.63 bits per heavy atom. The molecule has 0 unspecified atom stereocenters. The number of rotatable bonds is 7. The number of carbonyl (C=O) groups is 1. The van der Waals surface area contributed by atoms with Gasteiger partial charge < -0.3 is 4.74 Å². The predicted octanol–water partition coefficient (Wildman–Crippen LogP) is 7.05. The van der Waals surface area contributed by atoms with E-state index in [1.807, 2.05) is 11.8 Å². The molecule has 0 amide bonds. The molecule has 10 heteroatoms. The molecule has 5 rings (SSSR count). The number of nitrogens with zero attached hydrogens (tertiary/aromatic N) is 2. The highest BCUT2D eigenvalue weighted by Gasteiger charge is 2.40. The van der Waals surface area contributed by atoms with Crippen LogP contribution in [0.1, 0.15) is 71.9 Å². The number of benzene rings is 2. The second-order valence-corrected chi connectivity index (χ2v) is 11.8. The molecule has 4 nitrogen and oxygen atoms in total. The molecule has 1 aliphatic carbocycles. The highest BCUT2D eigenvalue weighted by atomic mass is 19.4. The maximum Gasteiger partial charge on any atom is 0.416 e. The smallest absolute Gasteiger partial charge is 0.416 e. The zero-order chi connectivity index (χ0) is 29.5. The molecule has 1 saturated heterocycles. The van der Waals surface area contributed by atoms with Gasteiger partial charge in [-0.15, -0.1) is 0 Å². The quantitative estimate of drug-likeness (QED) is 0.259. The minimum Gasteiger partial charge on any atom is -0.469 e. The average molecular weight is 583 g/mol. The molecule has 224 valence electrons. The number of likely N-dealkylation sites (tertiary alicyclic amines) is 1. The van der Waals surface area contributed by atoms with Gasteiger partial charge in [0.15, 0.2) is 0 Å². The number of methoxy groups -OCH3 is 1. The Hall–Kier alpha value is -2.59. The number of carbonyl (C=O) groups excluding carboxylic acids is 1. The molecule has 3 aliphatic rings. The molecule has 0 radical (unpaired) electrons. The van der Waals surface area contributed by atoms with Gasteiger partial charge in [-0.2, -0.15) is 26.3 Å². The van der Waals surface area contributed by atoms with Crippen LogP contribution in [0.3, 0.4) is 0 Å². The first-order valence-electron chi connectivity index (χ1n) is 14.3. The number of piperidine rings is 1. The number of ether oxygens (including phenoxy) is 1. The SMILES string of the molecule is COC(=O)[C@@H](C)[C@H](c1ccc2c(c1)CN(C1CCN(Cc3cc(C(F)(F)F)ccc3C(F)(F)F)CC1)CC2)C1CC1. The number of halogens is 6. The monoisotopic (exact) mass is 582 g/mol. The molecule has 0 bridgehead atoms. The van der Waals surface area contributed by atoms with Crippen LogP contribution < -0.4 is 0 Å². The Labute approximate surface area is 236 Å². The molecule has 2 aromatic rings. The maximum absolute atomic E-state index is 13.6. The van der Waals surface area contributed by atoms with Crippen molar-refractivity contribution in [3.63, 3.8) is 0 Å². The Bertz CT molecular complexity index is 1250. The van der Waals surface area contributed by atoms with Crippen molar-refractivity contribution in [3.05, 3.63) is 69.8 Å². The van der Waals surface area contributed by atoms with Crippen LogP contribution >= 0.6 is 0 Å². The zero-order valence-electron chi connectivity index (χ0n) is 23.3. The van der Waals surface area contributed by atoms with E-state index in [0.717, 1.165) is 45.2 Å². The van der Waals surface area contributed by atoms with Gasteiger partial charge in [0.2, 0.25) is 0 Å². The Morgan fingerprint density at radius 3 is 2.24 bits per heavy atom. The van der Waals surface area contributed by atoms with Gasteiger partial charge in [0.25, 0.3) is 0 Å². The first-order chi connectivity index (χ1) is 19.3. The number of alkyl halides is 6. The Morgan fingerprint density at radius 1 is 0.927 bits per heavy atom. The van der Waals surface area contributed by atoms with Crippen LogP contribution in [-0.4, -0.2) is 48.6 Å². The van der Waals surface area contributed by atoms with E-state index >= 15 is 0 Å². The lowest BCUT2D eigenvalue weighted by molar-refractivity contribution is -0.146. The van der Waals surface area contributed by atoms with E-state index in [2.05, 4.69) is 23.1 Å². The van der Waals surface area contributed by atoms with Gasteiger partial charge in [0.05, 0.1) is 24.2 Å².